The summed E-state index contributed by atoms with van der Waals surface area (Å²) in [6.07, 6.45) is 3.56. The molecule has 5 heteroatoms. The van der Waals surface area contributed by atoms with E-state index in [-0.39, 0.29) is 5.91 Å². The molecule has 0 aliphatic rings. The van der Waals surface area contributed by atoms with Gasteiger partial charge < -0.3 is 4.42 Å². The number of furan rings is 1. The van der Waals surface area contributed by atoms with Crippen molar-refractivity contribution in [2.75, 3.05) is 0 Å². The first-order chi connectivity index (χ1) is 11.2. The SMILES string of the molecule is CCCC(C(=O)NC=O)c1coc2ccc3cc(Br)ccc3c12. The smallest absolute Gasteiger partial charge is 0.234 e. The number of imide groups is 1. The van der Waals surface area contributed by atoms with Crippen molar-refractivity contribution in [2.45, 2.75) is 25.7 Å². The van der Waals surface area contributed by atoms with Crippen molar-refractivity contribution in [2.24, 2.45) is 0 Å². The summed E-state index contributed by atoms with van der Waals surface area (Å²) in [5.74, 6) is -0.695. The summed E-state index contributed by atoms with van der Waals surface area (Å²) in [5, 5.41) is 5.32. The monoisotopic (exact) mass is 373 g/mol. The third-order valence-electron chi connectivity index (χ3n) is 4.02. The number of carbonyl (C=O) groups is 2. The average Bonchev–Trinajstić information content (AvgIpc) is 2.96. The summed E-state index contributed by atoms with van der Waals surface area (Å²) in [4.78, 5) is 22.9. The van der Waals surface area contributed by atoms with E-state index >= 15 is 0 Å². The van der Waals surface area contributed by atoms with Crippen molar-refractivity contribution in [1.82, 2.24) is 5.32 Å². The van der Waals surface area contributed by atoms with Gasteiger partial charge in [0.15, 0.2) is 0 Å². The molecule has 2 amide bonds. The van der Waals surface area contributed by atoms with Gasteiger partial charge in [0.25, 0.3) is 0 Å². The van der Waals surface area contributed by atoms with E-state index in [0.717, 1.165) is 38.2 Å². The van der Waals surface area contributed by atoms with Gasteiger partial charge in [-0.2, -0.15) is 0 Å². The predicted octanol–water partition coefficient (Wildman–Crippen LogP) is 4.50. The van der Waals surface area contributed by atoms with Crippen LogP contribution in [0.15, 0.2) is 45.5 Å². The Bertz CT molecular complexity index is 884. The molecule has 0 radical (unpaired) electrons. The molecule has 1 aromatic heterocycles. The molecule has 3 rings (SSSR count). The molecule has 2 aromatic carbocycles. The number of fused-ring (bicyclic) bond motifs is 3. The second-order valence-electron chi connectivity index (χ2n) is 5.46. The van der Waals surface area contributed by atoms with Crippen molar-refractivity contribution >= 4 is 50.0 Å². The highest BCUT2D eigenvalue weighted by molar-refractivity contribution is 9.10. The van der Waals surface area contributed by atoms with Crippen molar-refractivity contribution < 1.29 is 14.0 Å². The molecular formula is C18H16BrNO3. The van der Waals surface area contributed by atoms with Crippen LogP contribution in [0.1, 0.15) is 31.2 Å². The minimum atomic E-state index is -0.402. The molecule has 0 fully saturated rings. The van der Waals surface area contributed by atoms with Crippen LogP contribution in [0.4, 0.5) is 0 Å². The maximum absolute atomic E-state index is 12.3. The van der Waals surface area contributed by atoms with Crippen molar-refractivity contribution in [3.05, 3.63) is 46.6 Å². The van der Waals surface area contributed by atoms with Gasteiger partial charge in [-0.15, -0.1) is 0 Å². The molecule has 0 bridgehead atoms. The van der Waals surface area contributed by atoms with E-state index in [1.165, 1.54) is 0 Å². The zero-order valence-electron chi connectivity index (χ0n) is 12.6. The van der Waals surface area contributed by atoms with Gasteiger partial charge in [0.2, 0.25) is 12.3 Å². The Hall–Kier alpha value is -2.14. The van der Waals surface area contributed by atoms with E-state index < -0.39 is 5.92 Å². The summed E-state index contributed by atoms with van der Waals surface area (Å²) in [6.45, 7) is 2.01. The van der Waals surface area contributed by atoms with E-state index in [1.807, 2.05) is 37.3 Å². The lowest BCUT2D eigenvalue weighted by Crippen LogP contribution is -2.28. The van der Waals surface area contributed by atoms with Crippen LogP contribution in [0.25, 0.3) is 21.7 Å². The standard InChI is InChI=1S/C18H16BrNO3/c1-2-3-14(18(22)20-10-21)15-9-23-16-7-4-11-8-12(19)5-6-13(11)17(15)16/h4-10,14H,2-3H2,1H3,(H,20,21,22). The normalized spacial score (nSPS) is 12.4. The largest absolute Gasteiger partial charge is 0.464 e. The second-order valence-corrected chi connectivity index (χ2v) is 6.38. The Morgan fingerprint density at radius 1 is 1.35 bits per heavy atom. The summed E-state index contributed by atoms with van der Waals surface area (Å²) < 4.78 is 6.66. The number of hydrogen-bond donors (Lipinski definition) is 1. The summed E-state index contributed by atoms with van der Waals surface area (Å²) in [6, 6.07) is 9.93. The number of carbonyl (C=O) groups excluding carboxylic acids is 2. The van der Waals surface area contributed by atoms with Crippen LogP contribution < -0.4 is 5.32 Å². The predicted molar refractivity (Wildman–Crippen MR) is 93.3 cm³/mol. The first-order valence-electron chi connectivity index (χ1n) is 7.49. The third kappa shape index (κ3) is 2.88. The van der Waals surface area contributed by atoms with Crippen LogP contribution in [0.2, 0.25) is 0 Å². The maximum atomic E-state index is 12.3. The van der Waals surface area contributed by atoms with E-state index in [4.69, 9.17) is 4.42 Å². The molecular weight excluding hydrogens is 358 g/mol. The summed E-state index contributed by atoms with van der Waals surface area (Å²) in [5.41, 5.74) is 1.57. The van der Waals surface area contributed by atoms with Gasteiger partial charge in [-0.3, -0.25) is 14.9 Å². The lowest BCUT2D eigenvalue weighted by atomic mass is 9.91. The first kappa shape index (κ1) is 15.7. The van der Waals surface area contributed by atoms with Crippen LogP contribution in [-0.4, -0.2) is 12.3 Å². The third-order valence-corrected chi connectivity index (χ3v) is 4.51. The molecule has 0 aliphatic heterocycles. The Morgan fingerprint density at radius 3 is 2.91 bits per heavy atom. The molecule has 1 N–H and O–H groups in total. The number of benzene rings is 2. The lowest BCUT2D eigenvalue weighted by Gasteiger charge is -2.13. The Balaban J connectivity index is 2.23. The number of rotatable bonds is 5. The minimum absolute atomic E-state index is 0.293. The van der Waals surface area contributed by atoms with E-state index in [2.05, 4.69) is 21.2 Å². The van der Waals surface area contributed by atoms with Crippen LogP contribution in [-0.2, 0) is 9.59 Å². The van der Waals surface area contributed by atoms with Gasteiger partial charge in [0, 0.05) is 15.4 Å². The molecule has 23 heavy (non-hydrogen) atoms. The van der Waals surface area contributed by atoms with Gasteiger partial charge in [-0.1, -0.05) is 41.4 Å². The fraction of sp³-hybridized carbons (Fsp3) is 0.222. The van der Waals surface area contributed by atoms with Crippen LogP contribution in [0.5, 0.6) is 0 Å². The van der Waals surface area contributed by atoms with E-state index in [1.54, 1.807) is 6.26 Å². The fourth-order valence-electron chi connectivity index (χ4n) is 2.99. The van der Waals surface area contributed by atoms with Crippen molar-refractivity contribution in [1.29, 1.82) is 0 Å². The second kappa shape index (κ2) is 6.54. The Labute approximate surface area is 142 Å². The molecule has 0 saturated carbocycles. The van der Waals surface area contributed by atoms with E-state index in [0.29, 0.717) is 12.8 Å². The average molecular weight is 374 g/mol. The summed E-state index contributed by atoms with van der Waals surface area (Å²) >= 11 is 3.48. The van der Waals surface area contributed by atoms with Crippen LogP contribution in [0, 0.1) is 0 Å². The highest BCUT2D eigenvalue weighted by Crippen LogP contribution is 2.36. The molecule has 0 saturated heterocycles. The van der Waals surface area contributed by atoms with Crippen molar-refractivity contribution in [3.63, 3.8) is 0 Å². The van der Waals surface area contributed by atoms with Gasteiger partial charge in [-0.05, 0) is 35.4 Å². The quantitative estimate of drug-likeness (QED) is 0.669. The Morgan fingerprint density at radius 2 is 2.17 bits per heavy atom. The molecule has 118 valence electrons. The van der Waals surface area contributed by atoms with Gasteiger partial charge >= 0.3 is 0 Å². The molecule has 0 spiro atoms. The molecule has 1 atom stereocenters. The zero-order chi connectivity index (χ0) is 16.4. The van der Waals surface area contributed by atoms with Crippen LogP contribution in [0.3, 0.4) is 0 Å². The zero-order valence-corrected chi connectivity index (χ0v) is 14.2. The number of nitrogens with one attached hydrogen (secondary N) is 1. The van der Waals surface area contributed by atoms with Crippen LogP contribution >= 0.6 is 15.9 Å². The first-order valence-corrected chi connectivity index (χ1v) is 8.28. The van der Waals surface area contributed by atoms with E-state index in [9.17, 15) is 9.59 Å². The highest BCUT2D eigenvalue weighted by Gasteiger charge is 2.24. The molecule has 4 nitrogen and oxygen atoms in total. The lowest BCUT2D eigenvalue weighted by molar-refractivity contribution is -0.126. The molecule has 0 aliphatic carbocycles. The van der Waals surface area contributed by atoms with Gasteiger partial charge in [0.05, 0.1) is 12.2 Å². The molecule has 3 aromatic rings. The number of hydrogen-bond acceptors (Lipinski definition) is 3. The maximum Gasteiger partial charge on any atom is 0.234 e. The van der Waals surface area contributed by atoms with Gasteiger partial charge in [-0.25, -0.2) is 0 Å². The highest BCUT2D eigenvalue weighted by atomic mass is 79.9. The molecule has 1 unspecified atom stereocenters. The fourth-order valence-corrected chi connectivity index (χ4v) is 3.37. The van der Waals surface area contributed by atoms with Gasteiger partial charge in [0.1, 0.15) is 5.58 Å². The number of halogens is 1. The topological polar surface area (TPSA) is 59.3 Å². The Kier molecular flexibility index (Phi) is 4.48. The molecule has 1 heterocycles. The van der Waals surface area contributed by atoms with Crippen molar-refractivity contribution in [3.8, 4) is 0 Å². The minimum Gasteiger partial charge on any atom is -0.464 e. The summed E-state index contributed by atoms with van der Waals surface area (Å²) in [7, 11) is 0. The number of amides is 2.